The van der Waals surface area contributed by atoms with Crippen molar-refractivity contribution in [3.05, 3.63) is 65.7 Å². The molecule has 0 N–H and O–H groups in total. The van der Waals surface area contributed by atoms with E-state index in [-0.39, 0.29) is 18.6 Å². The Morgan fingerprint density at radius 3 is 2.44 bits per heavy atom. The molecule has 5 rings (SSSR count). The van der Waals surface area contributed by atoms with Gasteiger partial charge in [0.05, 0.1) is 12.1 Å². The van der Waals surface area contributed by atoms with Crippen molar-refractivity contribution in [3.63, 3.8) is 0 Å². The first kappa shape index (κ1) is 22.8. The maximum absolute atomic E-state index is 13.5. The Hall–Kier alpha value is -3.02. The van der Waals surface area contributed by atoms with Gasteiger partial charge in [-0.3, -0.25) is 4.79 Å². The summed E-state index contributed by atoms with van der Waals surface area (Å²) in [5.74, 6) is 1.30. The summed E-state index contributed by atoms with van der Waals surface area (Å²) in [5, 5.41) is 0. The van der Waals surface area contributed by atoms with Crippen molar-refractivity contribution in [2.75, 3.05) is 26.2 Å². The standard InChI is InChI=1S/C28H34N2O4/c31-26-24-13-7-8-14-25(24)34-28(21-30(26)19-22-9-3-1-4-10-22)15-17-29(18-16-28)27(32)33-20-23-11-5-2-6-12-23/h2,5-8,11-14,22H,1,3-4,9-10,15-21H2. The zero-order valence-corrected chi connectivity index (χ0v) is 19.8. The minimum absolute atomic E-state index is 0.0720. The Kier molecular flexibility index (Phi) is 6.75. The zero-order chi connectivity index (χ0) is 23.4. The van der Waals surface area contributed by atoms with Crippen LogP contribution < -0.4 is 4.74 Å². The molecule has 2 aromatic rings. The van der Waals surface area contributed by atoms with E-state index in [0.29, 0.717) is 49.7 Å². The average molecular weight is 463 g/mol. The molecule has 1 spiro atoms. The Balaban J connectivity index is 1.27. The molecule has 2 heterocycles. The van der Waals surface area contributed by atoms with Crippen molar-refractivity contribution < 1.29 is 19.1 Å². The molecule has 6 nitrogen and oxygen atoms in total. The summed E-state index contributed by atoms with van der Waals surface area (Å²) in [6, 6.07) is 17.3. The number of fused-ring (bicyclic) bond motifs is 1. The van der Waals surface area contributed by atoms with Crippen LogP contribution in [0.3, 0.4) is 0 Å². The number of hydrogen-bond acceptors (Lipinski definition) is 4. The van der Waals surface area contributed by atoms with Crippen LogP contribution in [-0.4, -0.2) is 53.6 Å². The van der Waals surface area contributed by atoms with Crippen LogP contribution in [0.15, 0.2) is 54.6 Å². The smallest absolute Gasteiger partial charge is 0.410 e. The van der Waals surface area contributed by atoms with Gasteiger partial charge in [0.2, 0.25) is 0 Å². The van der Waals surface area contributed by atoms with Crippen LogP contribution in [0.4, 0.5) is 4.79 Å². The highest BCUT2D eigenvalue weighted by Crippen LogP contribution is 2.37. The van der Waals surface area contributed by atoms with Crippen LogP contribution in [-0.2, 0) is 11.3 Å². The van der Waals surface area contributed by atoms with Crippen LogP contribution in [0.2, 0.25) is 0 Å². The van der Waals surface area contributed by atoms with Crippen LogP contribution in [0.5, 0.6) is 5.75 Å². The number of amides is 2. The van der Waals surface area contributed by atoms with Crippen LogP contribution in [0, 0.1) is 5.92 Å². The van der Waals surface area contributed by atoms with Crippen molar-refractivity contribution in [1.29, 1.82) is 0 Å². The molecule has 0 radical (unpaired) electrons. The van der Waals surface area contributed by atoms with Crippen molar-refractivity contribution in [2.45, 2.75) is 57.2 Å². The lowest BCUT2D eigenvalue weighted by atomic mass is 9.87. The van der Waals surface area contributed by atoms with Gasteiger partial charge in [-0.05, 0) is 36.5 Å². The molecule has 1 saturated carbocycles. The molecule has 2 aromatic carbocycles. The summed E-state index contributed by atoms with van der Waals surface area (Å²) < 4.78 is 12.1. The second-order valence-electron chi connectivity index (χ2n) is 10.00. The number of para-hydroxylation sites is 1. The predicted molar refractivity (Wildman–Crippen MR) is 130 cm³/mol. The molecule has 2 aliphatic heterocycles. The van der Waals surface area contributed by atoms with Gasteiger partial charge < -0.3 is 19.3 Å². The van der Waals surface area contributed by atoms with Crippen molar-refractivity contribution in [1.82, 2.24) is 9.80 Å². The summed E-state index contributed by atoms with van der Waals surface area (Å²) in [6.07, 6.45) is 7.27. The fraction of sp³-hybridized carbons (Fsp3) is 0.500. The SMILES string of the molecule is O=C(OCc1ccccc1)N1CCC2(CC1)CN(CC1CCCCC1)C(=O)c1ccccc1O2. The van der Waals surface area contributed by atoms with Gasteiger partial charge in [0, 0.05) is 32.5 Å². The van der Waals surface area contributed by atoms with Gasteiger partial charge in [-0.2, -0.15) is 0 Å². The van der Waals surface area contributed by atoms with E-state index in [1.54, 1.807) is 4.90 Å². The summed E-state index contributed by atoms with van der Waals surface area (Å²) in [5.41, 5.74) is 1.15. The average Bonchev–Trinajstić information content (AvgIpc) is 2.99. The minimum Gasteiger partial charge on any atom is -0.484 e. The predicted octanol–water partition coefficient (Wildman–Crippen LogP) is 5.27. The number of benzene rings is 2. The van der Waals surface area contributed by atoms with Crippen molar-refractivity contribution in [3.8, 4) is 5.75 Å². The van der Waals surface area contributed by atoms with Crippen LogP contribution in [0.1, 0.15) is 60.9 Å². The first-order valence-electron chi connectivity index (χ1n) is 12.6. The molecule has 34 heavy (non-hydrogen) atoms. The number of ether oxygens (including phenoxy) is 2. The maximum atomic E-state index is 13.5. The number of carbonyl (C=O) groups is 2. The molecule has 6 heteroatoms. The molecular formula is C28H34N2O4. The molecule has 180 valence electrons. The fourth-order valence-corrected chi connectivity index (χ4v) is 5.58. The van der Waals surface area contributed by atoms with E-state index in [1.807, 2.05) is 59.5 Å². The van der Waals surface area contributed by atoms with Crippen molar-refractivity contribution in [2.24, 2.45) is 5.92 Å². The van der Waals surface area contributed by atoms with E-state index in [0.717, 1.165) is 12.1 Å². The molecule has 1 saturated heterocycles. The van der Waals surface area contributed by atoms with Gasteiger partial charge >= 0.3 is 6.09 Å². The maximum Gasteiger partial charge on any atom is 0.410 e. The summed E-state index contributed by atoms with van der Waals surface area (Å²) >= 11 is 0. The lowest BCUT2D eigenvalue weighted by Gasteiger charge is -2.43. The Labute approximate surface area is 201 Å². The monoisotopic (exact) mass is 462 g/mol. The van der Waals surface area contributed by atoms with Crippen LogP contribution >= 0.6 is 0 Å². The number of carbonyl (C=O) groups excluding carboxylic acids is 2. The first-order valence-corrected chi connectivity index (χ1v) is 12.6. The van der Waals surface area contributed by atoms with Gasteiger partial charge in [-0.15, -0.1) is 0 Å². The van der Waals surface area contributed by atoms with E-state index in [1.165, 1.54) is 32.1 Å². The van der Waals surface area contributed by atoms with E-state index < -0.39 is 5.60 Å². The largest absolute Gasteiger partial charge is 0.484 e. The number of rotatable bonds is 4. The molecular weight excluding hydrogens is 428 g/mol. The van der Waals surface area contributed by atoms with E-state index in [4.69, 9.17) is 9.47 Å². The molecule has 2 fully saturated rings. The first-order chi connectivity index (χ1) is 16.6. The minimum atomic E-state index is -0.479. The van der Waals surface area contributed by atoms with Crippen molar-refractivity contribution >= 4 is 12.0 Å². The highest BCUT2D eigenvalue weighted by atomic mass is 16.6. The Morgan fingerprint density at radius 2 is 1.68 bits per heavy atom. The van der Waals surface area contributed by atoms with Gasteiger partial charge in [-0.25, -0.2) is 4.79 Å². The summed E-state index contributed by atoms with van der Waals surface area (Å²) in [4.78, 5) is 30.0. The molecule has 3 aliphatic rings. The molecule has 1 aliphatic carbocycles. The number of hydrogen-bond donors (Lipinski definition) is 0. The highest BCUT2D eigenvalue weighted by molar-refractivity contribution is 5.97. The summed E-state index contributed by atoms with van der Waals surface area (Å²) in [7, 11) is 0. The fourth-order valence-electron chi connectivity index (χ4n) is 5.58. The second kappa shape index (κ2) is 10.1. The third-order valence-electron chi connectivity index (χ3n) is 7.55. The molecule has 0 bridgehead atoms. The molecule has 2 amide bonds. The number of likely N-dealkylation sites (tertiary alicyclic amines) is 1. The topological polar surface area (TPSA) is 59.1 Å². The third-order valence-corrected chi connectivity index (χ3v) is 7.55. The molecule has 0 atom stereocenters. The van der Waals surface area contributed by atoms with Crippen LogP contribution in [0.25, 0.3) is 0 Å². The Bertz CT molecular complexity index is 994. The lowest BCUT2D eigenvalue weighted by Crippen LogP contribution is -2.55. The normalized spacial score (nSPS) is 20.4. The van der Waals surface area contributed by atoms with Gasteiger partial charge in [0.25, 0.3) is 5.91 Å². The molecule has 0 unspecified atom stereocenters. The van der Waals surface area contributed by atoms with Gasteiger partial charge in [-0.1, -0.05) is 61.7 Å². The number of piperidine rings is 1. The lowest BCUT2D eigenvalue weighted by molar-refractivity contribution is -0.0183. The Morgan fingerprint density at radius 1 is 0.971 bits per heavy atom. The number of nitrogens with zero attached hydrogens (tertiary/aromatic N) is 2. The van der Waals surface area contributed by atoms with E-state index >= 15 is 0 Å². The third kappa shape index (κ3) is 5.06. The summed E-state index contributed by atoms with van der Waals surface area (Å²) in [6.45, 7) is 2.75. The second-order valence-corrected chi connectivity index (χ2v) is 10.00. The quantitative estimate of drug-likeness (QED) is 0.621. The molecule has 0 aromatic heterocycles. The van der Waals surface area contributed by atoms with Gasteiger partial charge in [0.1, 0.15) is 18.0 Å². The van der Waals surface area contributed by atoms with E-state index in [2.05, 4.69) is 0 Å². The zero-order valence-electron chi connectivity index (χ0n) is 19.8. The highest BCUT2D eigenvalue weighted by Gasteiger charge is 2.44. The van der Waals surface area contributed by atoms with E-state index in [9.17, 15) is 9.59 Å². The van der Waals surface area contributed by atoms with Gasteiger partial charge in [0.15, 0.2) is 0 Å².